The van der Waals surface area contributed by atoms with Crippen molar-refractivity contribution in [3.05, 3.63) is 42.1 Å². The van der Waals surface area contributed by atoms with E-state index in [1.807, 2.05) is 44.2 Å². The van der Waals surface area contributed by atoms with Crippen molar-refractivity contribution in [1.82, 2.24) is 25.6 Å². The van der Waals surface area contributed by atoms with Gasteiger partial charge in [0.15, 0.2) is 5.13 Å². The summed E-state index contributed by atoms with van der Waals surface area (Å²) < 4.78 is 0. The largest absolute Gasteiger partial charge is 0.394 e. The molecule has 176 valence electrons. The third-order valence-electron chi connectivity index (χ3n) is 4.62. The van der Waals surface area contributed by atoms with Crippen LogP contribution in [0.5, 0.6) is 0 Å². The second-order valence-corrected chi connectivity index (χ2v) is 8.92. The number of hydrogen-bond donors (Lipinski definition) is 5. The van der Waals surface area contributed by atoms with Crippen molar-refractivity contribution in [1.29, 1.82) is 0 Å². The Bertz CT molecular complexity index is 1070. The van der Waals surface area contributed by atoms with E-state index >= 15 is 0 Å². The van der Waals surface area contributed by atoms with Gasteiger partial charge in [0.25, 0.3) is 0 Å². The number of carbonyl (C=O) groups is 1. The van der Waals surface area contributed by atoms with Crippen LogP contribution in [0.3, 0.4) is 0 Å². The number of amides is 2. The molecule has 33 heavy (non-hydrogen) atoms. The Balaban J connectivity index is 1.99. The fourth-order valence-corrected chi connectivity index (χ4v) is 3.99. The van der Waals surface area contributed by atoms with E-state index in [4.69, 9.17) is 4.98 Å². The average Bonchev–Trinajstić information content (AvgIpc) is 3.25. The molecule has 0 bridgehead atoms. The summed E-state index contributed by atoms with van der Waals surface area (Å²) in [6.45, 7) is 8.74. The molecule has 2 heterocycles. The normalized spacial score (nSPS) is 11.8. The second-order valence-electron chi connectivity index (χ2n) is 7.89. The van der Waals surface area contributed by atoms with Gasteiger partial charge in [0, 0.05) is 36.9 Å². The SMILES string of the molecule is CCNC(=O)NCc1ccccc1-c1cc(-c2cnc(NC(C)C)s2)nc(N[C@@H](C)CO)n1. The van der Waals surface area contributed by atoms with Gasteiger partial charge in [0.1, 0.15) is 0 Å². The predicted octanol–water partition coefficient (Wildman–Crippen LogP) is 3.70. The Labute approximate surface area is 198 Å². The first-order chi connectivity index (χ1) is 15.9. The van der Waals surface area contributed by atoms with Gasteiger partial charge in [-0.3, -0.25) is 0 Å². The fraction of sp³-hybridized carbons (Fsp3) is 0.391. The molecule has 0 saturated heterocycles. The first-order valence-corrected chi connectivity index (χ1v) is 11.8. The molecule has 3 rings (SSSR count). The van der Waals surface area contributed by atoms with Crippen molar-refractivity contribution in [3.8, 4) is 21.8 Å². The molecule has 3 aromatic rings. The zero-order chi connectivity index (χ0) is 23.8. The van der Waals surface area contributed by atoms with Crippen LogP contribution >= 0.6 is 11.3 Å². The lowest BCUT2D eigenvalue weighted by Gasteiger charge is -2.15. The summed E-state index contributed by atoms with van der Waals surface area (Å²) in [5.41, 5.74) is 3.27. The molecule has 2 aromatic heterocycles. The van der Waals surface area contributed by atoms with Crippen LogP contribution in [0.1, 0.15) is 33.3 Å². The van der Waals surface area contributed by atoms with Crippen molar-refractivity contribution in [2.24, 2.45) is 0 Å². The molecule has 0 aliphatic rings. The molecule has 1 aromatic carbocycles. The molecule has 0 unspecified atom stereocenters. The first-order valence-electron chi connectivity index (χ1n) is 11.0. The van der Waals surface area contributed by atoms with Crippen molar-refractivity contribution in [2.75, 3.05) is 23.8 Å². The van der Waals surface area contributed by atoms with E-state index in [0.29, 0.717) is 24.7 Å². The standard InChI is InChI=1S/C23H31N7O2S/c1-5-24-22(32)25-11-16-8-6-7-9-17(16)18-10-19(30-21(29-18)28-15(4)13-31)20-12-26-23(33-20)27-14(2)3/h6-10,12,14-15,31H,5,11,13H2,1-4H3,(H,26,27)(H2,24,25,32)(H,28,29,30)/t15-/m0/s1. The van der Waals surface area contributed by atoms with E-state index in [1.165, 1.54) is 11.3 Å². The molecule has 0 aliphatic carbocycles. The number of aliphatic hydroxyl groups is 1. The maximum Gasteiger partial charge on any atom is 0.315 e. The number of nitrogens with one attached hydrogen (secondary N) is 4. The number of hydrogen-bond acceptors (Lipinski definition) is 8. The predicted molar refractivity (Wildman–Crippen MR) is 133 cm³/mol. The van der Waals surface area contributed by atoms with Crippen LogP contribution in [0.25, 0.3) is 21.8 Å². The van der Waals surface area contributed by atoms with Crippen LogP contribution in [0, 0.1) is 0 Å². The molecular weight excluding hydrogens is 438 g/mol. The minimum atomic E-state index is -0.218. The van der Waals surface area contributed by atoms with Crippen molar-refractivity contribution >= 4 is 28.4 Å². The summed E-state index contributed by atoms with van der Waals surface area (Å²) in [7, 11) is 0. The lowest BCUT2D eigenvalue weighted by molar-refractivity contribution is 0.241. The highest BCUT2D eigenvalue weighted by atomic mass is 32.1. The minimum absolute atomic E-state index is 0.0427. The summed E-state index contributed by atoms with van der Waals surface area (Å²) >= 11 is 1.52. The molecule has 5 N–H and O–H groups in total. The van der Waals surface area contributed by atoms with Crippen LogP contribution in [0.15, 0.2) is 36.5 Å². The van der Waals surface area contributed by atoms with E-state index in [-0.39, 0.29) is 24.7 Å². The lowest BCUT2D eigenvalue weighted by Crippen LogP contribution is -2.34. The highest BCUT2D eigenvalue weighted by molar-refractivity contribution is 7.18. The zero-order valence-electron chi connectivity index (χ0n) is 19.3. The monoisotopic (exact) mass is 469 g/mol. The summed E-state index contributed by atoms with van der Waals surface area (Å²) in [5, 5.41) is 22.4. The van der Waals surface area contributed by atoms with E-state index in [2.05, 4.69) is 45.1 Å². The molecule has 0 saturated carbocycles. The minimum Gasteiger partial charge on any atom is -0.394 e. The fourth-order valence-electron chi connectivity index (χ4n) is 3.07. The zero-order valence-corrected chi connectivity index (χ0v) is 20.2. The lowest BCUT2D eigenvalue weighted by atomic mass is 10.0. The molecule has 0 fully saturated rings. The topological polar surface area (TPSA) is 124 Å². The number of aromatic nitrogens is 3. The van der Waals surface area contributed by atoms with Crippen molar-refractivity contribution in [2.45, 2.75) is 46.3 Å². The van der Waals surface area contributed by atoms with Gasteiger partial charge in [-0.1, -0.05) is 35.6 Å². The summed E-state index contributed by atoms with van der Waals surface area (Å²) in [6, 6.07) is 9.58. The number of carbonyl (C=O) groups excluding carboxylic acids is 1. The number of aliphatic hydroxyl groups excluding tert-OH is 1. The summed E-state index contributed by atoms with van der Waals surface area (Å²) in [5.74, 6) is 0.419. The average molecular weight is 470 g/mol. The highest BCUT2D eigenvalue weighted by Crippen LogP contribution is 2.32. The number of anilines is 2. The Morgan fingerprint density at radius 1 is 1.09 bits per heavy atom. The molecule has 0 aliphatic heterocycles. The van der Waals surface area contributed by atoms with Gasteiger partial charge in [-0.05, 0) is 39.3 Å². The summed E-state index contributed by atoms with van der Waals surface area (Å²) in [6.07, 6.45) is 1.79. The van der Waals surface area contributed by atoms with Crippen molar-refractivity contribution < 1.29 is 9.90 Å². The number of rotatable bonds is 10. The van der Waals surface area contributed by atoms with Gasteiger partial charge in [0.05, 0.1) is 22.9 Å². The molecule has 10 heteroatoms. The van der Waals surface area contributed by atoms with E-state index in [0.717, 1.165) is 26.8 Å². The Morgan fingerprint density at radius 3 is 2.58 bits per heavy atom. The quantitative estimate of drug-likeness (QED) is 0.307. The first kappa shape index (κ1) is 24.4. The van der Waals surface area contributed by atoms with Crippen LogP contribution < -0.4 is 21.3 Å². The number of thiazole rings is 1. The molecular formula is C23H31N7O2S. The van der Waals surface area contributed by atoms with Crippen LogP contribution in [0.2, 0.25) is 0 Å². The van der Waals surface area contributed by atoms with Gasteiger partial charge < -0.3 is 26.4 Å². The van der Waals surface area contributed by atoms with Crippen LogP contribution in [-0.4, -0.2) is 51.3 Å². The van der Waals surface area contributed by atoms with Gasteiger partial charge in [-0.25, -0.2) is 19.7 Å². The number of nitrogens with zero attached hydrogens (tertiary/aromatic N) is 3. The van der Waals surface area contributed by atoms with E-state index in [9.17, 15) is 9.90 Å². The highest BCUT2D eigenvalue weighted by Gasteiger charge is 2.15. The van der Waals surface area contributed by atoms with Gasteiger partial charge in [0.2, 0.25) is 5.95 Å². The molecule has 0 radical (unpaired) electrons. The van der Waals surface area contributed by atoms with Gasteiger partial charge in [-0.15, -0.1) is 0 Å². The molecule has 1 atom stereocenters. The van der Waals surface area contributed by atoms with Gasteiger partial charge in [-0.2, -0.15) is 0 Å². The maximum absolute atomic E-state index is 11.9. The molecule has 0 spiro atoms. The Kier molecular flexibility index (Phi) is 8.56. The van der Waals surface area contributed by atoms with E-state index in [1.54, 1.807) is 6.20 Å². The Morgan fingerprint density at radius 2 is 1.85 bits per heavy atom. The van der Waals surface area contributed by atoms with Gasteiger partial charge >= 0.3 is 6.03 Å². The summed E-state index contributed by atoms with van der Waals surface area (Å²) in [4.78, 5) is 26.6. The second kappa shape index (κ2) is 11.6. The third kappa shape index (κ3) is 6.87. The smallest absolute Gasteiger partial charge is 0.315 e. The van der Waals surface area contributed by atoms with E-state index < -0.39 is 0 Å². The van der Waals surface area contributed by atoms with Crippen LogP contribution in [-0.2, 0) is 6.54 Å². The van der Waals surface area contributed by atoms with Crippen LogP contribution in [0.4, 0.5) is 15.9 Å². The number of benzene rings is 1. The van der Waals surface area contributed by atoms with Crippen molar-refractivity contribution in [3.63, 3.8) is 0 Å². The number of urea groups is 1. The Hall–Kier alpha value is -3.24. The maximum atomic E-state index is 11.9. The molecule has 9 nitrogen and oxygen atoms in total. The molecule has 2 amide bonds. The third-order valence-corrected chi connectivity index (χ3v) is 5.57.